The fourth-order valence-corrected chi connectivity index (χ4v) is 1.71. The molecule has 0 fully saturated rings. The predicted molar refractivity (Wildman–Crippen MR) is 52.3 cm³/mol. The van der Waals surface area contributed by atoms with Crippen LogP contribution in [0.1, 0.15) is 18.9 Å². The van der Waals surface area contributed by atoms with Crippen LogP contribution in [0.15, 0.2) is 35.3 Å². The van der Waals surface area contributed by atoms with Gasteiger partial charge in [-0.25, -0.2) is 4.79 Å². The summed E-state index contributed by atoms with van der Waals surface area (Å²) in [6.45, 7) is 1.79. The summed E-state index contributed by atoms with van der Waals surface area (Å²) >= 11 is 0. The maximum Gasteiger partial charge on any atom is 1.00 e. The number of hydrogen-bond acceptors (Lipinski definition) is 3. The van der Waals surface area contributed by atoms with Crippen molar-refractivity contribution >= 4 is 12.0 Å². The molecule has 1 atom stereocenters. The third-order valence-electron chi connectivity index (χ3n) is 2.54. The number of carbonyl (C=O) groups excluding carboxylic acids is 1. The van der Waals surface area contributed by atoms with Gasteiger partial charge in [0.15, 0.2) is 5.60 Å². The Kier molecular flexibility index (Phi) is 4.13. The SMILES string of the molecule is CCC1(c2ccccc2)OC(=O)N=C1[O-].[Na+]. The number of nitrogens with zero attached hydrogens (tertiary/aromatic N) is 1. The van der Waals surface area contributed by atoms with Gasteiger partial charge in [-0.2, -0.15) is 4.99 Å². The zero-order valence-corrected chi connectivity index (χ0v) is 11.3. The third-order valence-corrected chi connectivity index (χ3v) is 2.54. The maximum absolute atomic E-state index is 11.6. The summed E-state index contributed by atoms with van der Waals surface area (Å²) in [7, 11) is 0. The van der Waals surface area contributed by atoms with Gasteiger partial charge in [-0.05, 0) is 6.42 Å². The molecule has 0 bridgehead atoms. The Balaban J connectivity index is 0.00000128. The average molecular weight is 227 g/mol. The van der Waals surface area contributed by atoms with E-state index >= 15 is 0 Å². The van der Waals surface area contributed by atoms with Gasteiger partial charge in [-0.15, -0.1) is 0 Å². The van der Waals surface area contributed by atoms with Gasteiger partial charge in [0.05, 0.1) is 0 Å². The predicted octanol–water partition coefficient (Wildman–Crippen LogP) is -1.80. The van der Waals surface area contributed by atoms with E-state index in [4.69, 9.17) is 4.74 Å². The molecule has 1 unspecified atom stereocenters. The minimum atomic E-state index is -1.20. The fraction of sp³-hybridized carbons (Fsp3) is 0.273. The van der Waals surface area contributed by atoms with Crippen molar-refractivity contribution in [2.45, 2.75) is 18.9 Å². The fourth-order valence-electron chi connectivity index (χ4n) is 1.71. The summed E-state index contributed by atoms with van der Waals surface area (Å²) in [4.78, 5) is 14.3. The normalized spacial score (nSPS) is 23.3. The molecule has 78 valence electrons. The van der Waals surface area contributed by atoms with E-state index in [1.165, 1.54) is 0 Å². The Hall–Kier alpha value is -0.840. The van der Waals surface area contributed by atoms with Gasteiger partial charge in [0.25, 0.3) is 0 Å². The van der Waals surface area contributed by atoms with Crippen LogP contribution in [0.4, 0.5) is 4.79 Å². The standard InChI is InChI=1S/C11H11NO3.Na/c1-2-11(8-6-4-3-5-7-8)9(13)12-10(14)15-11;/h3-7H,2H2,1H3,(H,12,13,14);/q;+1/p-1. The van der Waals surface area contributed by atoms with Gasteiger partial charge in [-0.1, -0.05) is 37.3 Å². The van der Waals surface area contributed by atoms with Gasteiger partial charge in [0.1, 0.15) is 0 Å². The van der Waals surface area contributed by atoms with E-state index in [0.717, 1.165) is 0 Å². The second-order valence-corrected chi connectivity index (χ2v) is 3.33. The second kappa shape index (κ2) is 4.99. The first-order valence-electron chi connectivity index (χ1n) is 4.74. The molecular formula is C11H10NNaO3. The Labute approximate surface area is 116 Å². The summed E-state index contributed by atoms with van der Waals surface area (Å²) < 4.78 is 5.04. The number of benzene rings is 1. The number of amides is 1. The van der Waals surface area contributed by atoms with Crippen molar-refractivity contribution in [2.24, 2.45) is 4.99 Å². The molecule has 1 aliphatic rings. The van der Waals surface area contributed by atoms with Gasteiger partial charge in [-0.3, -0.25) is 0 Å². The molecule has 1 amide bonds. The number of carbonyl (C=O) groups is 1. The van der Waals surface area contributed by atoms with Crippen LogP contribution in [0.3, 0.4) is 0 Å². The maximum atomic E-state index is 11.6. The van der Waals surface area contributed by atoms with Gasteiger partial charge < -0.3 is 9.84 Å². The smallest absolute Gasteiger partial charge is 0.859 e. The van der Waals surface area contributed by atoms with E-state index in [1.807, 2.05) is 6.07 Å². The van der Waals surface area contributed by atoms with E-state index in [9.17, 15) is 9.90 Å². The van der Waals surface area contributed by atoms with Crippen molar-refractivity contribution < 1.29 is 44.2 Å². The topological polar surface area (TPSA) is 61.7 Å². The molecule has 0 aromatic heterocycles. The van der Waals surface area contributed by atoms with Crippen molar-refractivity contribution in [3.05, 3.63) is 35.9 Å². The molecule has 4 nitrogen and oxygen atoms in total. The number of cyclic esters (lactones) is 1. The Morgan fingerprint density at radius 3 is 2.44 bits per heavy atom. The number of rotatable bonds is 2. The van der Waals surface area contributed by atoms with Crippen LogP contribution in [0.25, 0.3) is 0 Å². The average Bonchev–Trinajstić information content (AvgIpc) is 2.56. The van der Waals surface area contributed by atoms with Crippen LogP contribution in [0.2, 0.25) is 0 Å². The second-order valence-electron chi connectivity index (χ2n) is 3.33. The van der Waals surface area contributed by atoms with Crippen molar-refractivity contribution in [3.63, 3.8) is 0 Å². The molecule has 1 aromatic rings. The Bertz CT molecular complexity index is 418. The first-order valence-corrected chi connectivity index (χ1v) is 4.74. The summed E-state index contributed by atoms with van der Waals surface area (Å²) in [6.07, 6.45) is -0.406. The number of aliphatic imine (C=N–C) groups is 1. The molecule has 1 aliphatic heterocycles. The molecule has 16 heavy (non-hydrogen) atoms. The van der Waals surface area contributed by atoms with Gasteiger partial charge in [0, 0.05) is 11.5 Å². The molecule has 2 rings (SSSR count). The number of hydrogen-bond donors (Lipinski definition) is 0. The summed E-state index contributed by atoms with van der Waals surface area (Å²) in [5.41, 5.74) is -0.523. The molecular weight excluding hydrogens is 217 g/mol. The van der Waals surface area contributed by atoms with Crippen molar-refractivity contribution in [1.29, 1.82) is 0 Å². The van der Waals surface area contributed by atoms with Crippen LogP contribution in [-0.2, 0) is 10.3 Å². The molecule has 1 aromatic carbocycles. The van der Waals surface area contributed by atoms with E-state index in [1.54, 1.807) is 31.2 Å². The zero-order chi connectivity index (χ0) is 10.9. The molecule has 0 radical (unpaired) electrons. The van der Waals surface area contributed by atoms with Gasteiger partial charge in [0.2, 0.25) is 0 Å². The summed E-state index contributed by atoms with van der Waals surface area (Å²) in [5, 5.41) is 11.6. The van der Waals surface area contributed by atoms with Crippen molar-refractivity contribution in [3.8, 4) is 0 Å². The molecule has 0 saturated carbocycles. The van der Waals surface area contributed by atoms with Crippen LogP contribution in [0.5, 0.6) is 0 Å². The molecule has 1 heterocycles. The third kappa shape index (κ3) is 2.00. The molecule has 0 saturated heterocycles. The monoisotopic (exact) mass is 227 g/mol. The van der Waals surface area contributed by atoms with E-state index in [2.05, 4.69) is 4.99 Å². The van der Waals surface area contributed by atoms with E-state index in [0.29, 0.717) is 12.0 Å². The van der Waals surface area contributed by atoms with Crippen LogP contribution in [0, 0.1) is 0 Å². The van der Waals surface area contributed by atoms with Gasteiger partial charge >= 0.3 is 35.7 Å². The van der Waals surface area contributed by atoms with Crippen molar-refractivity contribution in [1.82, 2.24) is 0 Å². The summed E-state index contributed by atoms with van der Waals surface area (Å²) in [5.74, 6) is -0.513. The minimum Gasteiger partial charge on any atom is -0.859 e. The Morgan fingerprint density at radius 2 is 2.00 bits per heavy atom. The summed E-state index contributed by atoms with van der Waals surface area (Å²) in [6, 6.07) is 8.95. The molecule has 5 heteroatoms. The quantitative estimate of drug-likeness (QED) is 0.560. The van der Waals surface area contributed by atoms with E-state index < -0.39 is 17.6 Å². The van der Waals surface area contributed by atoms with E-state index in [-0.39, 0.29) is 29.6 Å². The molecule has 0 N–H and O–H groups in total. The van der Waals surface area contributed by atoms with Crippen LogP contribution < -0.4 is 34.7 Å². The van der Waals surface area contributed by atoms with Crippen LogP contribution in [-0.4, -0.2) is 12.0 Å². The zero-order valence-electron chi connectivity index (χ0n) is 9.27. The Morgan fingerprint density at radius 1 is 1.38 bits per heavy atom. The minimum absolute atomic E-state index is 0. The largest absolute Gasteiger partial charge is 1.00 e. The first kappa shape index (κ1) is 13.2. The van der Waals surface area contributed by atoms with Crippen molar-refractivity contribution in [2.75, 3.05) is 0 Å². The number of ether oxygens (including phenoxy) is 1. The molecule has 0 aliphatic carbocycles. The molecule has 0 spiro atoms. The first-order chi connectivity index (χ1) is 7.19. The van der Waals surface area contributed by atoms with Crippen LogP contribution >= 0.6 is 0 Å².